The van der Waals surface area contributed by atoms with Crippen molar-refractivity contribution in [2.75, 3.05) is 0 Å². The first-order valence-corrected chi connectivity index (χ1v) is 9.41. The number of nitrogens with one attached hydrogen (secondary N) is 1. The predicted octanol–water partition coefficient (Wildman–Crippen LogP) is 2.65. The number of hydrogen-bond donors (Lipinski definition) is 2. The predicted molar refractivity (Wildman–Crippen MR) is 121 cm³/mol. The summed E-state index contributed by atoms with van der Waals surface area (Å²) in [5.74, 6) is 2.09. The van der Waals surface area contributed by atoms with Gasteiger partial charge in [0.05, 0.1) is 12.6 Å². The lowest BCUT2D eigenvalue weighted by atomic mass is 10.1. The SMILES string of the molecule is Cc1nc([C@@H](N)C(C)C)n(CC(=O)NCc2nccn2Cc2ccccc2)n1.Cl.Cl. The fourth-order valence-electron chi connectivity index (χ4n) is 2.93. The number of halogens is 2. The molecule has 1 aromatic carbocycles. The third-order valence-electron chi connectivity index (χ3n) is 4.56. The molecule has 3 N–H and O–H groups in total. The van der Waals surface area contributed by atoms with Crippen molar-refractivity contribution in [3.05, 3.63) is 65.8 Å². The summed E-state index contributed by atoms with van der Waals surface area (Å²) in [6.45, 7) is 6.97. The fourth-order valence-corrected chi connectivity index (χ4v) is 2.93. The van der Waals surface area contributed by atoms with Crippen LogP contribution in [0.5, 0.6) is 0 Å². The highest BCUT2D eigenvalue weighted by atomic mass is 35.5. The summed E-state index contributed by atoms with van der Waals surface area (Å²) >= 11 is 0. The summed E-state index contributed by atoms with van der Waals surface area (Å²) in [7, 11) is 0. The Labute approximate surface area is 189 Å². The average Bonchev–Trinajstić information content (AvgIpc) is 3.26. The van der Waals surface area contributed by atoms with E-state index in [2.05, 4.69) is 32.5 Å². The Morgan fingerprint density at radius 3 is 2.57 bits per heavy atom. The molecule has 0 fully saturated rings. The maximum absolute atomic E-state index is 12.5. The van der Waals surface area contributed by atoms with Gasteiger partial charge in [0.2, 0.25) is 5.91 Å². The lowest BCUT2D eigenvalue weighted by molar-refractivity contribution is -0.122. The normalized spacial score (nSPS) is 11.5. The van der Waals surface area contributed by atoms with Crippen LogP contribution in [-0.4, -0.2) is 30.2 Å². The topological polar surface area (TPSA) is 104 Å². The smallest absolute Gasteiger partial charge is 0.242 e. The fraction of sp³-hybridized carbons (Fsp3) is 0.400. The van der Waals surface area contributed by atoms with E-state index in [0.29, 0.717) is 24.7 Å². The van der Waals surface area contributed by atoms with Gasteiger partial charge in [-0.2, -0.15) is 5.10 Å². The van der Waals surface area contributed by atoms with Crippen LogP contribution in [-0.2, 0) is 24.4 Å². The van der Waals surface area contributed by atoms with Gasteiger partial charge in [0.25, 0.3) is 0 Å². The minimum Gasteiger partial charge on any atom is -0.347 e. The molecule has 0 saturated heterocycles. The molecular weight excluding hydrogens is 425 g/mol. The molecular formula is C20H29Cl2N7O. The molecule has 164 valence electrons. The van der Waals surface area contributed by atoms with E-state index >= 15 is 0 Å². The number of benzene rings is 1. The lowest BCUT2D eigenvalue weighted by Gasteiger charge is -2.15. The van der Waals surface area contributed by atoms with Gasteiger partial charge in [0, 0.05) is 18.9 Å². The number of hydrogen-bond acceptors (Lipinski definition) is 5. The number of aromatic nitrogens is 5. The van der Waals surface area contributed by atoms with Gasteiger partial charge >= 0.3 is 0 Å². The summed E-state index contributed by atoms with van der Waals surface area (Å²) in [6.07, 6.45) is 3.65. The second-order valence-corrected chi connectivity index (χ2v) is 7.18. The Morgan fingerprint density at radius 2 is 1.90 bits per heavy atom. The van der Waals surface area contributed by atoms with Crippen molar-refractivity contribution in [2.45, 2.75) is 46.4 Å². The van der Waals surface area contributed by atoms with Gasteiger partial charge in [-0.1, -0.05) is 44.2 Å². The number of rotatable bonds is 8. The second kappa shape index (κ2) is 11.7. The molecule has 0 aliphatic heterocycles. The van der Waals surface area contributed by atoms with E-state index in [4.69, 9.17) is 5.73 Å². The zero-order valence-corrected chi connectivity index (χ0v) is 19.0. The molecule has 0 radical (unpaired) electrons. The van der Waals surface area contributed by atoms with Crippen LogP contribution in [0.1, 0.15) is 42.9 Å². The van der Waals surface area contributed by atoms with Crippen molar-refractivity contribution >= 4 is 30.7 Å². The quantitative estimate of drug-likeness (QED) is 0.545. The molecule has 0 spiro atoms. The van der Waals surface area contributed by atoms with Crippen LogP contribution in [0.3, 0.4) is 0 Å². The highest BCUT2D eigenvalue weighted by molar-refractivity contribution is 5.85. The summed E-state index contributed by atoms with van der Waals surface area (Å²) in [6, 6.07) is 9.87. The van der Waals surface area contributed by atoms with E-state index in [9.17, 15) is 4.79 Å². The minimum atomic E-state index is -0.265. The molecule has 10 heteroatoms. The summed E-state index contributed by atoms with van der Waals surface area (Å²) in [4.78, 5) is 21.2. The Morgan fingerprint density at radius 1 is 1.20 bits per heavy atom. The number of nitrogens with two attached hydrogens (primary N) is 1. The molecule has 0 unspecified atom stereocenters. The number of nitrogens with zero attached hydrogens (tertiary/aromatic N) is 5. The van der Waals surface area contributed by atoms with Crippen molar-refractivity contribution in [1.29, 1.82) is 0 Å². The molecule has 0 aliphatic rings. The maximum Gasteiger partial charge on any atom is 0.242 e. The summed E-state index contributed by atoms with van der Waals surface area (Å²) in [5.41, 5.74) is 7.38. The van der Waals surface area contributed by atoms with Crippen molar-refractivity contribution < 1.29 is 4.79 Å². The Hall–Kier alpha value is -2.42. The third-order valence-corrected chi connectivity index (χ3v) is 4.56. The summed E-state index contributed by atoms with van der Waals surface area (Å²) < 4.78 is 3.61. The number of carbonyl (C=O) groups is 1. The highest BCUT2D eigenvalue weighted by Crippen LogP contribution is 2.17. The minimum absolute atomic E-state index is 0. The summed E-state index contributed by atoms with van der Waals surface area (Å²) in [5, 5.41) is 7.23. The number of amides is 1. The maximum atomic E-state index is 12.5. The number of imidazole rings is 1. The van der Waals surface area contributed by atoms with Gasteiger partial charge in [0.1, 0.15) is 24.0 Å². The van der Waals surface area contributed by atoms with E-state index in [1.807, 2.05) is 42.8 Å². The van der Waals surface area contributed by atoms with Crippen LogP contribution in [0.4, 0.5) is 0 Å². The van der Waals surface area contributed by atoms with Crippen LogP contribution in [0.15, 0.2) is 42.7 Å². The van der Waals surface area contributed by atoms with E-state index in [-0.39, 0.29) is 49.2 Å². The molecule has 3 rings (SSSR count). The Bertz CT molecular complexity index is 924. The van der Waals surface area contributed by atoms with Crippen LogP contribution in [0.2, 0.25) is 0 Å². The Kier molecular flexibility index (Phi) is 9.98. The van der Waals surface area contributed by atoms with E-state index < -0.39 is 0 Å². The van der Waals surface area contributed by atoms with Gasteiger partial charge in [-0.05, 0) is 18.4 Å². The zero-order chi connectivity index (χ0) is 20.1. The van der Waals surface area contributed by atoms with Gasteiger partial charge in [-0.3, -0.25) is 4.79 Å². The number of aryl methyl sites for hydroxylation is 1. The molecule has 0 aliphatic carbocycles. The largest absolute Gasteiger partial charge is 0.347 e. The zero-order valence-electron chi connectivity index (χ0n) is 17.4. The van der Waals surface area contributed by atoms with Gasteiger partial charge in [0.15, 0.2) is 0 Å². The number of carbonyl (C=O) groups excluding carboxylic acids is 1. The Balaban J connectivity index is 0.00000225. The van der Waals surface area contributed by atoms with Crippen molar-refractivity contribution in [1.82, 2.24) is 29.6 Å². The monoisotopic (exact) mass is 453 g/mol. The third kappa shape index (κ3) is 6.55. The highest BCUT2D eigenvalue weighted by Gasteiger charge is 2.20. The molecule has 8 nitrogen and oxygen atoms in total. The van der Waals surface area contributed by atoms with E-state index in [1.54, 1.807) is 17.8 Å². The molecule has 0 bridgehead atoms. The first-order valence-electron chi connectivity index (χ1n) is 9.41. The molecule has 0 saturated carbocycles. The van der Waals surface area contributed by atoms with Crippen molar-refractivity contribution in [3.63, 3.8) is 0 Å². The van der Waals surface area contributed by atoms with Gasteiger partial charge in [-0.25, -0.2) is 14.6 Å². The van der Waals surface area contributed by atoms with Crippen LogP contribution < -0.4 is 11.1 Å². The molecule has 3 aromatic rings. The average molecular weight is 454 g/mol. The van der Waals surface area contributed by atoms with E-state index in [0.717, 1.165) is 5.82 Å². The van der Waals surface area contributed by atoms with Crippen LogP contribution >= 0.6 is 24.8 Å². The van der Waals surface area contributed by atoms with E-state index in [1.165, 1.54) is 5.56 Å². The molecule has 1 atom stereocenters. The molecule has 2 heterocycles. The molecule has 1 amide bonds. The van der Waals surface area contributed by atoms with Crippen LogP contribution in [0, 0.1) is 12.8 Å². The van der Waals surface area contributed by atoms with Crippen molar-refractivity contribution in [3.8, 4) is 0 Å². The first-order chi connectivity index (χ1) is 13.4. The first kappa shape index (κ1) is 25.6. The van der Waals surface area contributed by atoms with Crippen LogP contribution in [0.25, 0.3) is 0 Å². The standard InChI is InChI=1S/C20H27N7O.2ClH/c1-14(2)19(21)20-24-15(3)25-27(20)13-18(28)23-11-17-22-9-10-26(17)12-16-7-5-4-6-8-16;;/h4-10,14,19H,11-13,21H2,1-3H3,(H,23,28);2*1H/t19-;;/m0../s1. The molecule has 30 heavy (non-hydrogen) atoms. The second-order valence-electron chi connectivity index (χ2n) is 7.18. The van der Waals surface area contributed by atoms with Gasteiger partial charge < -0.3 is 15.6 Å². The molecule has 2 aromatic heterocycles. The van der Waals surface area contributed by atoms with Gasteiger partial charge in [-0.15, -0.1) is 24.8 Å². The lowest BCUT2D eigenvalue weighted by Crippen LogP contribution is -2.31. The van der Waals surface area contributed by atoms with Crippen molar-refractivity contribution in [2.24, 2.45) is 11.7 Å².